The van der Waals surface area contributed by atoms with E-state index in [-0.39, 0.29) is 41.1 Å². The molecule has 3 aliphatic rings. The molecule has 2 N–H and O–H groups in total. The van der Waals surface area contributed by atoms with E-state index < -0.39 is 0 Å². The predicted molar refractivity (Wildman–Crippen MR) is 137 cm³/mol. The normalized spacial score (nSPS) is 23.4. The number of likely N-dealkylation sites (tertiary alicyclic amines) is 2. The molecule has 0 aliphatic carbocycles. The summed E-state index contributed by atoms with van der Waals surface area (Å²) >= 11 is 0. The third-order valence-electron chi connectivity index (χ3n) is 7.99. The largest absolute Gasteiger partial charge is 0.508 e. The van der Waals surface area contributed by atoms with E-state index >= 15 is 0 Å². The maximum absolute atomic E-state index is 12.9. The number of phenolic OH excluding ortho intramolecular Hbond substituents is 1. The first-order valence-electron chi connectivity index (χ1n) is 13.0. The first-order valence-corrected chi connectivity index (χ1v) is 13.0. The van der Waals surface area contributed by atoms with Gasteiger partial charge in [-0.05, 0) is 66.0 Å². The maximum Gasteiger partial charge on any atom is 0.223 e. The third kappa shape index (κ3) is 4.39. The zero-order valence-corrected chi connectivity index (χ0v) is 21.3. The van der Waals surface area contributed by atoms with Crippen LogP contribution < -0.4 is 5.32 Å². The van der Waals surface area contributed by atoms with Crippen molar-refractivity contribution in [3.63, 3.8) is 0 Å². The summed E-state index contributed by atoms with van der Waals surface area (Å²) in [5.41, 5.74) is 5.46. The van der Waals surface area contributed by atoms with Crippen LogP contribution in [0, 0.1) is 0 Å². The number of hydrogen-bond acceptors (Lipinski definition) is 4. The van der Waals surface area contributed by atoms with Gasteiger partial charge in [0.2, 0.25) is 11.8 Å². The third-order valence-corrected chi connectivity index (χ3v) is 7.99. The van der Waals surface area contributed by atoms with Crippen molar-refractivity contribution >= 4 is 17.5 Å². The molecule has 0 saturated carbocycles. The van der Waals surface area contributed by atoms with Gasteiger partial charge in [0.25, 0.3) is 0 Å². The summed E-state index contributed by atoms with van der Waals surface area (Å²) in [4.78, 5) is 29.7. The standard InChI is InChI=1S/C29H37N3O3/c1-18(31-12-6-10-26(31)34)22-15-20(29(2,3)4)16-23-25(32-13-7-11-27(32)35)17-24(30-28(22)23)19-8-5-9-21(33)14-19/h5,8-9,14-16,18,24-25,30,33H,6-7,10-13,17H2,1-4H3/t18?,24-,25-/m0/s1. The van der Waals surface area contributed by atoms with Gasteiger partial charge in [-0.1, -0.05) is 45.0 Å². The lowest BCUT2D eigenvalue weighted by Gasteiger charge is -2.41. The summed E-state index contributed by atoms with van der Waals surface area (Å²) in [7, 11) is 0. The predicted octanol–water partition coefficient (Wildman–Crippen LogP) is 5.59. The molecule has 0 radical (unpaired) electrons. The SMILES string of the molecule is CC(c1cc(C(C)(C)C)cc2c1N[C@H](c1cccc(O)c1)C[C@@H]2N1CCCC1=O)N1CCCC1=O. The molecule has 5 rings (SSSR count). The van der Waals surface area contributed by atoms with Crippen molar-refractivity contribution in [3.8, 4) is 5.75 Å². The van der Waals surface area contributed by atoms with Crippen LogP contribution in [0.2, 0.25) is 0 Å². The molecular weight excluding hydrogens is 438 g/mol. The average molecular weight is 476 g/mol. The summed E-state index contributed by atoms with van der Waals surface area (Å²) in [6.45, 7) is 10.3. The van der Waals surface area contributed by atoms with Crippen molar-refractivity contribution in [2.45, 2.75) is 83.3 Å². The molecule has 186 valence electrons. The molecule has 2 aromatic carbocycles. The summed E-state index contributed by atoms with van der Waals surface area (Å²) in [6.07, 6.45) is 3.73. The summed E-state index contributed by atoms with van der Waals surface area (Å²) in [5, 5.41) is 14.0. The van der Waals surface area contributed by atoms with E-state index in [1.54, 1.807) is 6.07 Å². The summed E-state index contributed by atoms with van der Waals surface area (Å²) in [6, 6.07) is 11.8. The van der Waals surface area contributed by atoms with Crippen LogP contribution in [0.5, 0.6) is 5.75 Å². The van der Waals surface area contributed by atoms with Crippen LogP contribution in [-0.4, -0.2) is 39.8 Å². The van der Waals surface area contributed by atoms with Crippen LogP contribution >= 0.6 is 0 Å². The number of fused-ring (bicyclic) bond motifs is 1. The second kappa shape index (κ2) is 8.89. The lowest BCUT2D eigenvalue weighted by Crippen LogP contribution is -2.37. The zero-order valence-electron chi connectivity index (χ0n) is 21.3. The van der Waals surface area contributed by atoms with Gasteiger partial charge >= 0.3 is 0 Å². The highest BCUT2D eigenvalue weighted by Gasteiger charge is 2.39. The van der Waals surface area contributed by atoms with E-state index in [2.05, 4.69) is 50.0 Å². The topological polar surface area (TPSA) is 72.9 Å². The fourth-order valence-corrected chi connectivity index (χ4v) is 5.96. The van der Waals surface area contributed by atoms with Crippen LogP contribution in [0.25, 0.3) is 0 Å². The molecule has 2 fully saturated rings. The Morgan fingerprint density at radius 2 is 1.77 bits per heavy atom. The molecule has 3 heterocycles. The number of benzene rings is 2. The van der Waals surface area contributed by atoms with E-state index in [0.29, 0.717) is 12.8 Å². The molecular formula is C29H37N3O3. The first kappa shape index (κ1) is 23.7. The van der Waals surface area contributed by atoms with Crippen molar-refractivity contribution in [1.82, 2.24) is 9.80 Å². The molecule has 0 bridgehead atoms. The van der Waals surface area contributed by atoms with Gasteiger partial charge < -0.3 is 20.2 Å². The van der Waals surface area contributed by atoms with Crippen LogP contribution in [0.4, 0.5) is 5.69 Å². The molecule has 0 aromatic heterocycles. The average Bonchev–Trinajstić information content (AvgIpc) is 3.44. The second-order valence-corrected chi connectivity index (χ2v) is 11.4. The van der Waals surface area contributed by atoms with Crippen LogP contribution in [0.15, 0.2) is 36.4 Å². The summed E-state index contributed by atoms with van der Waals surface area (Å²) in [5.74, 6) is 0.658. The summed E-state index contributed by atoms with van der Waals surface area (Å²) < 4.78 is 0. The van der Waals surface area contributed by atoms with E-state index in [1.165, 1.54) is 5.56 Å². The molecule has 3 aliphatic heterocycles. The molecule has 35 heavy (non-hydrogen) atoms. The molecule has 3 atom stereocenters. The lowest BCUT2D eigenvalue weighted by molar-refractivity contribution is -0.130. The van der Waals surface area contributed by atoms with Gasteiger partial charge in [0, 0.05) is 31.6 Å². The van der Waals surface area contributed by atoms with Gasteiger partial charge in [-0.2, -0.15) is 0 Å². The highest BCUT2D eigenvalue weighted by Crippen LogP contribution is 2.48. The Labute approximate surface area is 208 Å². The number of aromatic hydroxyl groups is 1. The van der Waals surface area contributed by atoms with Crippen molar-refractivity contribution in [2.75, 3.05) is 18.4 Å². The van der Waals surface area contributed by atoms with Gasteiger partial charge in [0.05, 0.1) is 18.1 Å². The number of carbonyl (C=O) groups excluding carboxylic acids is 2. The molecule has 6 nitrogen and oxygen atoms in total. The Balaban J connectivity index is 1.68. The minimum Gasteiger partial charge on any atom is -0.508 e. The van der Waals surface area contributed by atoms with Crippen molar-refractivity contribution in [1.29, 1.82) is 0 Å². The van der Waals surface area contributed by atoms with E-state index in [9.17, 15) is 14.7 Å². The molecule has 6 heteroatoms. The van der Waals surface area contributed by atoms with Crippen LogP contribution in [0.1, 0.15) is 100 Å². The molecule has 2 amide bonds. The number of nitrogens with zero attached hydrogens (tertiary/aromatic N) is 2. The zero-order chi connectivity index (χ0) is 24.9. The van der Waals surface area contributed by atoms with E-state index in [4.69, 9.17) is 0 Å². The smallest absolute Gasteiger partial charge is 0.223 e. The van der Waals surface area contributed by atoms with Crippen LogP contribution in [0.3, 0.4) is 0 Å². The fraction of sp³-hybridized carbons (Fsp3) is 0.517. The van der Waals surface area contributed by atoms with Crippen molar-refractivity contribution in [2.24, 2.45) is 0 Å². The highest BCUT2D eigenvalue weighted by atomic mass is 16.3. The molecule has 1 unspecified atom stereocenters. The number of phenols is 1. The first-order chi connectivity index (χ1) is 16.6. The molecule has 2 aromatic rings. The maximum atomic E-state index is 12.9. The Kier molecular flexibility index (Phi) is 6.02. The highest BCUT2D eigenvalue weighted by molar-refractivity contribution is 5.81. The lowest BCUT2D eigenvalue weighted by atomic mass is 9.79. The fourth-order valence-electron chi connectivity index (χ4n) is 5.96. The number of nitrogens with one attached hydrogen (secondary N) is 1. The van der Waals surface area contributed by atoms with Crippen LogP contribution in [-0.2, 0) is 15.0 Å². The second-order valence-electron chi connectivity index (χ2n) is 11.4. The monoisotopic (exact) mass is 475 g/mol. The Hall–Kier alpha value is -3.02. The number of hydrogen-bond donors (Lipinski definition) is 2. The van der Waals surface area contributed by atoms with Crippen molar-refractivity contribution < 1.29 is 14.7 Å². The Bertz CT molecular complexity index is 1140. The minimum atomic E-state index is -0.0693. The number of anilines is 1. The minimum absolute atomic E-state index is 0.0453. The molecule has 0 spiro atoms. The number of carbonyl (C=O) groups is 2. The van der Waals surface area contributed by atoms with Gasteiger partial charge in [-0.25, -0.2) is 0 Å². The van der Waals surface area contributed by atoms with Gasteiger partial charge in [-0.15, -0.1) is 0 Å². The van der Waals surface area contributed by atoms with Gasteiger partial charge in [0.1, 0.15) is 5.75 Å². The number of amides is 2. The van der Waals surface area contributed by atoms with Crippen molar-refractivity contribution in [3.05, 3.63) is 58.7 Å². The quantitative estimate of drug-likeness (QED) is 0.604. The Morgan fingerprint density at radius 3 is 2.40 bits per heavy atom. The van der Waals surface area contributed by atoms with E-state index in [1.807, 2.05) is 23.1 Å². The van der Waals surface area contributed by atoms with E-state index in [0.717, 1.165) is 54.7 Å². The Morgan fingerprint density at radius 1 is 1.03 bits per heavy atom. The molecule has 2 saturated heterocycles. The van der Waals surface area contributed by atoms with Gasteiger partial charge in [0.15, 0.2) is 0 Å². The number of rotatable bonds is 4. The van der Waals surface area contributed by atoms with Gasteiger partial charge in [-0.3, -0.25) is 9.59 Å².